The standard InChI is InChI=1S/C16H13BrFN3/c17-13-2-1-11(9-14(13)18)3-7-20-15-5-8-21-16-10-19-6-4-12(15)16/h1-2,4-6,8-10H,3,7H2,(H,20,21). The molecule has 1 aromatic carbocycles. The van der Waals surface area contributed by atoms with Crippen LogP contribution in [-0.2, 0) is 6.42 Å². The third kappa shape index (κ3) is 3.19. The van der Waals surface area contributed by atoms with Gasteiger partial charge < -0.3 is 5.32 Å². The average molecular weight is 346 g/mol. The van der Waals surface area contributed by atoms with Crippen LogP contribution >= 0.6 is 15.9 Å². The van der Waals surface area contributed by atoms with Gasteiger partial charge in [0, 0.05) is 30.0 Å². The number of aromatic nitrogens is 2. The first kappa shape index (κ1) is 13.9. The smallest absolute Gasteiger partial charge is 0.137 e. The van der Waals surface area contributed by atoms with Crippen LogP contribution in [0.25, 0.3) is 10.9 Å². The Morgan fingerprint density at radius 1 is 1.14 bits per heavy atom. The Hall–Kier alpha value is -2.01. The number of hydrogen-bond acceptors (Lipinski definition) is 3. The van der Waals surface area contributed by atoms with Gasteiger partial charge in [0.2, 0.25) is 0 Å². The van der Waals surface area contributed by atoms with Crippen molar-refractivity contribution in [2.45, 2.75) is 6.42 Å². The van der Waals surface area contributed by atoms with E-state index in [-0.39, 0.29) is 5.82 Å². The van der Waals surface area contributed by atoms with E-state index in [4.69, 9.17) is 0 Å². The second kappa shape index (κ2) is 6.18. The van der Waals surface area contributed by atoms with Crippen LogP contribution in [0.2, 0.25) is 0 Å². The van der Waals surface area contributed by atoms with E-state index in [0.717, 1.165) is 35.1 Å². The summed E-state index contributed by atoms with van der Waals surface area (Å²) >= 11 is 3.16. The van der Waals surface area contributed by atoms with Crippen LogP contribution in [0.5, 0.6) is 0 Å². The number of hydrogen-bond donors (Lipinski definition) is 1. The second-order valence-corrected chi connectivity index (χ2v) is 5.53. The van der Waals surface area contributed by atoms with E-state index in [1.807, 2.05) is 18.2 Å². The molecule has 0 atom stereocenters. The summed E-state index contributed by atoms with van der Waals surface area (Å²) in [5.41, 5.74) is 2.83. The molecule has 0 amide bonds. The second-order valence-electron chi connectivity index (χ2n) is 4.68. The molecule has 0 aliphatic heterocycles. The van der Waals surface area contributed by atoms with E-state index >= 15 is 0 Å². The summed E-state index contributed by atoms with van der Waals surface area (Å²) in [7, 11) is 0. The lowest BCUT2D eigenvalue weighted by atomic mass is 10.1. The molecule has 2 aromatic heterocycles. The maximum Gasteiger partial charge on any atom is 0.137 e. The van der Waals surface area contributed by atoms with Crippen LogP contribution in [0.1, 0.15) is 5.56 Å². The van der Waals surface area contributed by atoms with E-state index in [1.54, 1.807) is 30.7 Å². The van der Waals surface area contributed by atoms with Gasteiger partial charge in [0.05, 0.1) is 16.2 Å². The van der Waals surface area contributed by atoms with Crippen LogP contribution in [0, 0.1) is 5.82 Å². The monoisotopic (exact) mass is 345 g/mol. The van der Waals surface area contributed by atoms with Gasteiger partial charge in [0.15, 0.2) is 0 Å². The van der Waals surface area contributed by atoms with Crippen LogP contribution in [0.3, 0.4) is 0 Å². The van der Waals surface area contributed by atoms with Crippen LogP contribution in [-0.4, -0.2) is 16.5 Å². The van der Waals surface area contributed by atoms with E-state index in [0.29, 0.717) is 4.47 Å². The van der Waals surface area contributed by atoms with Crippen molar-refractivity contribution in [1.29, 1.82) is 0 Å². The fraction of sp³-hybridized carbons (Fsp3) is 0.125. The first-order valence-electron chi connectivity index (χ1n) is 6.60. The summed E-state index contributed by atoms with van der Waals surface area (Å²) in [5.74, 6) is -0.229. The van der Waals surface area contributed by atoms with Gasteiger partial charge in [-0.05, 0) is 52.2 Å². The lowest BCUT2D eigenvalue weighted by Crippen LogP contribution is -2.05. The predicted octanol–water partition coefficient (Wildman–Crippen LogP) is 4.19. The number of nitrogens with zero attached hydrogens (tertiary/aromatic N) is 2. The highest BCUT2D eigenvalue weighted by Gasteiger charge is 2.03. The number of rotatable bonds is 4. The first-order chi connectivity index (χ1) is 10.2. The number of halogens is 2. The van der Waals surface area contributed by atoms with Gasteiger partial charge >= 0.3 is 0 Å². The molecule has 0 saturated carbocycles. The summed E-state index contributed by atoms with van der Waals surface area (Å²) in [5, 5.41) is 4.40. The molecule has 0 aliphatic carbocycles. The van der Waals surface area contributed by atoms with Crippen molar-refractivity contribution in [2.24, 2.45) is 0 Å². The molecule has 3 aromatic rings. The number of fused-ring (bicyclic) bond motifs is 1. The molecule has 1 N–H and O–H groups in total. The lowest BCUT2D eigenvalue weighted by molar-refractivity contribution is 0.619. The van der Waals surface area contributed by atoms with Gasteiger partial charge in [-0.25, -0.2) is 4.39 Å². The van der Waals surface area contributed by atoms with Gasteiger partial charge in [0.1, 0.15) is 5.82 Å². The maximum absolute atomic E-state index is 13.5. The van der Waals surface area contributed by atoms with Crippen LogP contribution in [0.15, 0.2) is 53.4 Å². The van der Waals surface area contributed by atoms with Crippen molar-refractivity contribution in [1.82, 2.24) is 9.97 Å². The Morgan fingerprint density at radius 3 is 2.90 bits per heavy atom. The Kier molecular flexibility index (Phi) is 4.10. The minimum absolute atomic E-state index is 0.229. The third-order valence-corrected chi connectivity index (χ3v) is 3.90. The summed E-state index contributed by atoms with van der Waals surface area (Å²) in [6.07, 6.45) is 5.99. The Morgan fingerprint density at radius 2 is 2.05 bits per heavy atom. The highest BCUT2D eigenvalue weighted by Crippen LogP contribution is 2.20. The van der Waals surface area contributed by atoms with E-state index in [1.165, 1.54) is 0 Å². The number of nitrogens with one attached hydrogen (secondary N) is 1. The molecule has 3 rings (SSSR count). The topological polar surface area (TPSA) is 37.8 Å². The third-order valence-electron chi connectivity index (χ3n) is 3.26. The highest BCUT2D eigenvalue weighted by atomic mass is 79.9. The van der Waals surface area contributed by atoms with Crippen molar-refractivity contribution in [2.75, 3.05) is 11.9 Å². The fourth-order valence-corrected chi connectivity index (χ4v) is 2.44. The van der Waals surface area contributed by atoms with Crippen molar-refractivity contribution in [3.8, 4) is 0 Å². The maximum atomic E-state index is 13.5. The van der Waals surface area contributed by atoms with Crippen molar-refractivity contribution >= 4 is 32.5 Å². The molecule has 106 valence electrons. The molecule has 0 spiro atoms. The SMILES string of the molecule is Fc1cc(CCNc2ccnc3cnccc23)ccc1Br. The van der Waals surface area contributed by atoms with Gasteiger partial charge in [-0.2, -0.15) is 0 Å². The molecule has 21 heavy (non-hydrogen) atoms. The molecule has 0 radical (unpaired) electrons. The Balaban J connectivity index is 1.70. The quantitative estimate of drug-likeness (QED) is 0.770. The van der Waals surface area contributed by atoms with E-state index in [2.05, 4.69) is 31.2 Å². The Labute approximate surface area is 130 Å². The van der Waals surface area contributed by atoms with Crippen LogP contribution in [0.4, 0.5) is 10.1 Å². The van der Waals surface area contributed by atoms with E-state index < -0.39 is 0 Å². The van der Waals surface area contributed by atoms with Crippen molar-refractivity contribution in [3.05, 3.63) is 64.8 Å². The minimum Gasteiger partial charge on any atom is -0.384 e. The van der Waals surface area contributed by atoms with Gasteiger partial charge in [-0.1, -0.05) is 6.07 Å². The zero-order valence-electron chi connectivity index (χ0n) is 11.2. The lowest BCUT2D eigenvalue weighted by Gasteiger charge is -2.09. The van der Waals surface area contributed by atoms with Crippen LogP contribution < -0.4 is 5.32 Å². The number of anilines is 1. The summed E-state index contributed by atoms with van der Waals surface area (Å²) < 4.78 is 13.9. The molecule has 0 fully saturated rings. The first-order valence-corrected chi connectivity index (χ1v) is 7.40. The molecule has 3 nitrogen and oxygen atoms in total. The summed E-state index contributed by atoms with van der Waals surface area (Å²) in [6, 6.07) is 9.08. The molecule has 0 saturated heterocycles. The number of pyridine rings is 2. The number of benzene rings is 1. The molecule has 0 aliphatic rings. The minimum atomic E-state index is -0.229. The van der Waals surface area contributed by atoms with Crippen molar-refractivity contribution < 1.29 is 4.39 Å². The molecule has 0 unspecified atom stereocenters. The summed E-state index contributed by atoms with van der Waals surface area (Å²) in [6.45, 7) is 0.725. The zero-order chi connectivity index (χ0) is 14.7. The fourth-order valence-electron chi connectivity index (χ4n) is 2.19. The molecular formula is C16H13BrFN3. The molecular weight excluding hydrogens is 333 g/mol. The van der Waals surface area contributed by atoms with E-state index in [9.17, 15) is 4.39 Å². The molecule has 5 heteroatoms. The molecule has 2 heterocycles. The average Bonchev–Trinajstić information content (AvgIpc) is 2.51. The summed E-state index contributed by atoms with van der Waals surface area (Å²) in [4.78, 5) is 8.34. The Bertz CT molecular complexity index is 771. The van der Waals surface area contributed by atoms with Gasteiger partial charge in [0.25, 0.3) is 0 Å². The molecule has 0 bridgehead atoms. The zero-order valence-corrected chi connectivity index (χ0v) is 12.8. The predicted molar refractivity (Wildman–Crippen MR) is 85.8 cm³/mol. The normalized spacial score (nSPS) is 10.8. The van der Waals surface area contributed by atoms with Gasteiger partial charge in [-0.3, -0.25) is 9.97 Å². The van der Waals surface area contributed by atoms with Gasteiger partial charge in [-0.15, -0.1) is 0 Å². The van der Waals surface area contributed by atoms with Crippen molar-refractivity contribution in [3.63, 3.8) is 0 Å². The largest absolute Gasteiger partial charge is 0.384 e. The highest BCUT2D eigenvalue weighted by molar-refractivity contribution is 9.10.